The second-order valence-electron chi connectivity index (χ2n) is 7.04. The molecule has 0 spiro atoms. The van der Waals surface area contributed by atoms with Crippen molar-refractivity contribution in [2.75, 3.05) is 0 Å². The Morgan fingerprint density at radius 2 is 1.96 bits per heavy atom. The zero-order valence-corrected chi connectivity index (χ0v) is 16.6. The molecule has 1 aliphatic carbocycles. The summed E-state index contributed by atoms with van der Waals surface area (Å²) in [6, 6.07) is 18.4. The average molecular weight is 394 g/mol. The third-order valence-electron chi connectivity index (χ3n) is 4.98. The molecule has 0 bridgehead atoms. The first kappa shape index (κ1) is 18.7. The monoisotopic (exact) mass is 393 g/mol. The van der Waals surface area contributed by atoms with Gasteiger partial charge in [-0.05, 0) is 42.9 Å². The molecule has 0 saturated carbocycles. The fraction of sp³-hybridized carbons (Fsp3) is 0.318. The normalized spacial score (nSPS) is 17.0. The Morgan fingerprint density at radius 1 is 1.18 bits per heavy atom. The number of nitrogens with one attached hydrogen (secondary N) is 1. The number of hydrogen-bond acceptors (Lipinski definition) is 5. The Labute approximate surface area is 168 Å². The van der Waals surface area contributed by atoms with Crippen LogP contribution in [-0.4, -0.2) is 21.4 Å². The van der Waals surface area contributed by atoms with Gasteiger partial charge in [-0.15, -0.1) is 10.2 Å². The molecule has 0 fully saturated rings. The summed E-state index contributed by atoms with van der Waals surface area (Å²) in [5.74, 6) is 0.553. The smallest absolute Gasteiger partial charge is 0.277 e. The van der Waals surface area contributed by atoms with Crippen LogP contribution in [0, 0.1) is 0 Å². The lowest BCUT2D eigenvalue weighted by Crippen LogP contribution is -2.35. The van der Waals surface area contributed by atoms with Crippen LogP contribution < -0.4 is 5.32 Å². The van der Waals surface area contributed by atoms with Gasteiger partial charge < -0.3 is 9.73 Å². The number of benzene rings is 2. The quantitative estimate of drug-likeness (QED) is 0.631. The first-order chi connectivity index (χ1) is 13.7. The van der Waals surface area contributed by atoms with Gasteiger partial charge in [-0.3, -0.25) is 4.79 Å². The van der Waals surface area contributed by atoms with Crippen LogP contribution in [-0.2, 0) is 17.6 Å². The van der Waals surface area contributed by atoms with E-state index < -0.39 is 0 Å². The lowest BCUT2D eigenvalue weighted by molar-refractivity contribution is -0.121. The van der Waals surface area contributed by atoms with Crippen LogP contribution in [0.1, 0.15) is 48.4 Å². The molecule has 2 aromatic carbocycles. The zero-order chi connectivity index (χ0) is 19.3. The van der Waals surface area contributed by atoms with Gasteiger partial charge in [-0.1, -0.05) is 66.4 Å². The summed E-state index contributed by atoms with van der Waals surface area (Å²) in [5.41, 5.74) is 3.69. The molecule has 1 N–H and O–H groups in total. The summed E-state index contributed by atoms with van der Waals surface area (Å²) >= 11 is 1.30. The van der Waals surface area contributed by atoms with E-state index in [9.17, 15) is 4.79 Å². The van der Waals surface area contributed by atoms with E-state index in [1.165, 1.54) is 22.9 Å². The first-order valence-corrected chi connectivity index (χ1v) is 10.5. The van der Waals surface area contributed by atoms with Crippen LogP contribution in [0.2, 0.25) is 0 Å². The number of aromatic nitrogens is 2. The fourth-order valence-corrected chi connectivity index (χ4v) is 4.24. The fourth-order valence-electron chi connectivity index (χ4n) is 3.53. The van der Waals surface area contributed by atoms with Crippen molar-refractivity contribution >= 4 is 17.7 Å². The van der Waals surface area contributed by atoms with Gasteiger partial charge in [-0.25, -0.2) is 0 Å². The molecule has 4 rings (SSSR count). The van der Waals surface area contributed by atoms with Gasteiger partial charge in [0.1, 0.15) is 0 Å². The van der Waals surface area contributed by atoms with E-state index in [1.807, 2.05) is 43.3 Å². The SMILES string of the molecule is C[C@@H](Sc1nnc(Cc2ccccc2)o1)C(=O)N[C@H]1CCCc2ccccc21. The number of hydrogen-bond donors (Lipinski definition) is 1. The molecule has 5 nitrogen and oxygen atoms in total. The van der Waals surface area contributed by atoms with Crippen LogP contribution in [0.5, 0.6) is 0 Å². The highest BCUT2D eigenvalue weighted by atomic mass is 32.2. The van der Waals surface area contributed by atoms with E-state index in [0.29, 0.717) is 17.5 Å². The molecule has 1 aromatic heterocycles. The van der Waals surface area contributed by atoms with E-state index in [0.717, 1.165) is 24.8 Å². The Balaban J connectivity index is 1.35. The predicted molar refractivity (Wildman–Crippen MR) is 109 cm³/mol. The lowest BCUT2D eigenvalue weighted by Gasteiger charge is -2.27. The Hall–Kier alpha value is -2.60. The third kappa shape index (κ3) is 4.44. The maximum Gasteiger partial charge on any atom is 0.277 e. The third-order valence-corrected chi connectivity index (χ3v) is 5.91. The van der Waals surface area contributed by atoms with Crippen LogP contribution in [0.3, 0.4) is 0 Å². The van der Waals surface area contributed by atoms with Crippen LogP contribution in [0.15, 0.2) is 64.2 Å². The summed E-state index contributed by atoms with van der Waals surface area (Å²) < 4.78 is 5.72. The lowest BCUT2D eigenvalue weighted by atomic mass is 9.88. The minimum atomic E-state index is -0.306. The number of carbonyl (C=O) groups is 1. The second-order valence-corrected chi connectivity index (χ2v) is 8.33. The maximum atomic E-state index is 12.7. The number of aryl methyl sites for hydroxylation is 1. The van der Waals surface area contributed by atoms with Crippen LogP contribution in [0.25, 0.3) is 0 Å². The van der Waals surface area contributed by atoms with E-state index in [1.54, 1.807) is 0 Å². The average Bonchev–Trinajstić information content (AvgIpc) is 3.15. The van der Waals surface area contributed by atoms with Crippen molar-refractivity contribution in [3.63, 3.8) is 0 Å². The van der Waals surface area contributed by atoms with Crippen molar-refractivity contribution in [3.05, 3.63) is 77.2 Å². The van der Waals surface area contributed by atoms with Gasteiger partial charge in [-0.2, -0.15) is 0 Å². The summed E-state index contributed by atoms with van der Waals surface area (Å²) in [5, 5.41) is 11.5. The summed E-state index contributed by atoms with van der Waals surface area (Å²) in [7, 11) is 0. The van der Waals surface area contributed by atoms with Gasteiger partial charge in [0.15, 0.2) is 0 Å². The van der Waals surface area contributed by atoms with E-state index >= 15 is 0 Å². The molecule has 6 heteroatoms. The van der Waals surface area contributed by atoms with Crippen LogP contribution in [0.4, 0.5) is 0 Å². The van der Waals surface area contributed by atoms with E-state index in [2.05, 4.69) is 33.7 Å². The van der Waals surface area contributed by atoms with Gasteiger partial charge in [0, 0.05) is 0 Å². The molecule has 1 aliphatic rings. The van der Waals surface area contributed by atoms with Crippen molar-refractivity contribution in [1.29, 1.82) is 0 Å². The Morgan fingerprint density at radius 3 is 2.82 bits per heavy atom. The van der Waals surface area contributed by atoms with Crippen LogP contribution >= 0.6 is 11.8 Å². The minimum Gasteiger partial charge on any atom is -0.416 e. The number of rotatable bonds is 6. The zero-order valence-electron chi connectivity index (χ0n) is 15.8. The van der Waals surface area contributed by atoms with Gasteiger partial charge in [0.25, 0.3) is 5.22 Å². The molecule has 2 atom stereocenters. The molecule has 0 unspecified atom stereocenters. The number of thioether (sulfide) groups is 1. The Kier molecular flexibility index (Phi) is 5.76. The summed E-state index contributed by atoms with van der Waals surface area (Å²) in [4.78, 5) is 12.7. The molecule has 3 aromatic rings. The molecule has 0 radical (unpaired) electrons. The highest BCUT2D eigenvalue weighted by Gasteiger charge is 2.25. The molecular weight excluding hydrogens is 370 g/mol. The van der Waals surface area contributed by atoms with Crippen molar-refractivity contribution in [2.24, 2.45) is 0 Å². The van der Waals surface area contributed by atoms with Crippen molar-refractivity contribution in [1.82, 2.24) is 15.5 Å². The highest BCUT2D eigenvalue weighted by Crippen LogP contribution is 2.30. The maximum absolute atomic E-state index is 12.7. The Bertz CT molecular complexity index is 942. The molecule has 144 valence electrons. The molecule has 28 heavy (non-hydrogen) atoms. The van der Waals surface area contributed by atoms with Crippen molar-refractivity contribution in [3.8, 4) is 0 Å². The van der Waals surface area contributed by atoms with Crippen molar-refractivity contribution in [2.45, 2.75) is 49.1 Å². The number of amides is 1. The predicted octanol–water partition coefficient (Wildman–Crippen LogP) is 4.33. The molecule has 1 heterocycles. The number of fused-ring (bicyclic) bond motifs is 1. The van der Waals surface area contributed by atoms with Gasteiger partial charge >= 0.3 is 0 Å². The standard InChI is InChI=1S/C22H23N3O2S/c1-15(21(26)23-19-13-7-11-17-10-5-6-12-18(17)19)28-22-25-24-20(27-22)14-16-8-3-2-4-9-16/h2-6,8-10,12,15,19H,7,11,13-14H2,1H3,(H,23,26)/t15-,19+/m1/s1. The van der Waals surface area contributed by atoms with E-state index in [4.69, 9.17) is 4.42 Å². The summed E-state index contributed by atoms with van der Waals surface area (Å²) in [6.07, 6.45) is 3.74. The number of nitrogens with zero attached hydrogens (tertiary/aromatic N) is 2. The van der Waals surface area contributed by atoms with Crippen molar-refractivity contribution < 1.29 is 9.21 Å². The highest BCUT2D eigenvalue weighted by molar-refractivity contribution is 8.00. The summed E-state index contributed by atoms with van der Waals surface area (Å²) in [6.45, 7) is 1.87. The molecule has 0 aliphatic heterocycles. The molecule has 1 amide bonds. The topological polar surface area (TPSA) is 68.0 Å². The second kappa shape index (κ2) is 8.61. The van der Waals surface area contributed by atoms with Gasteiger partial charge in [0.2, 0.25) is 11.8 Å². The first-order valence-electron chi connectivity index (χ1n) is 9.60. The largest absolute Gasteiger partial charge is 0.416 e. The van der Waals surface area contributed by atoms with Gasteiger partial charge in [0.05, 0.1) is 17.7 Å². The number of carbonyl (C=O) groups excluding carboxylic acids is 1. The minimum absolute atomic E-state index is 0.00508. The van der Waals surface area contributed by atoms with E-state index in [-0.39, 0.29) is 17.2 Å². The molecular formula is C22H23N3O2S. The molecule has 0 saturated heterocycles.